The largest absolute Gasteiger partial charge is 0.381 e. The highest BCUT2D eigenvalue weighted by Gasteiger charge is 2.26. The van der Waals surface area contributed by atoms with E-state index in [2.05, 4.69) is 15.2 Å². The van der Waals surface area contributed by atoms with Crippen molar-refractivity contribution in [1.82, 2.24) is 24.8 Å². The first-order valence-corrected chi connectivity index (χ1v) is 10.00. The molecule has 2 fully saturated rings. The molecule has 2 aromatic rings. The quantitative estimate of drug-likeness (QED) is 0.740. The maximum Gasteiger partial charge on any atom is 0.274 e. The number of hydrogen-bond acceptors (Lipinski definition) is 7. The molecular weight excluding hydrogens is 362 g/mol. The summed E-state index contributed by atoms with van der Waals surface area (Å²) < 4.78 is 18.4. The Morgan fingerprint density at radius 3 is 2.75 bits per heavy atom. The number of carbonyl (C=O) groups excluding carboxylic acids is 1. The molecule has 0 spiro atoms. The van der Waals surface area contributed by atoms with Gasteiger partial charge < -0.3 is 18.9 Å². The molecule has 152 valence electrons. The maximum atomic E-state index is 12.4. The molecule has 0 saturated carbocycles. The van der Waals surface area contributed by atoms with Gasteiger partial charge in [0.05, 0.1) is 12.7 Å². The molecule has 0 bridgehead atoms. The van der Waals surface area contributed by atoms with Crippen molar-refractivity contribution in [2.24, 2.45) is 7.05 Å². The Bertz CT molecular complexity index is 775. The van der Waals surface area contributed by atoms with Crippen molar-refractivity contribution in [3.05, 3.63) is 29.7 Å². The Labute approximate surface area is 164 Å². The molecule has 28 heavy (non-hydrogen) atoms. The van der Waals surface area contributed by atoms with Crippen LogP contribution in [0.1, 0.15) is 53.8 Å². The van der Waals surface area contributed by atoms with Crippen molar-refractivity contribution in [3.8, 4) is 0 Å². The van der Waals surface area contributed by atoms with Crippen LogP contribution in [0.15, 0.2) is 16.8 Å². The summed E-state index contributed by atoms with van der Waals surface area (Å²) in [5.41, 5.74) is 0.499. The fraction of sp³-hybridized carbons (Fsp3) is 0.684. The molecule has 4 rings (SSSR count). The van der Waals surface area contributed by atoms with E-state index in [1.807, 2.05) is 11.9 Å². The summed E-state index contributed by atoms with van der Waals surface area (Å²) >= 11 is 0. The summed E-state index contributed by atoms with van der Waals surface area (Å²) in [5, 5.41) is 8.26. The van der Waals surface area contributed by atoms with Crippen LogP contribution in [0.2, 0.25) is 0 Å². The van der Waals surface area contributed by atoms with Crippen molar-refractivity contribution in [2.45, 2.75) is 44.1 Å². The molecule has 0 aromatic carbocycles. The lowest BCUT2D eigenvalue weighted by Gasteiger charge is -2.31. The molecule has 4 heterocycles. The van der Waals surface area contributed by atoms with E-state index in [9.17, 15) is 4.79 Å². The molecule has 2 aliphatic rings. The number of piperidine rings is 1. The number of aromatic nitrogens is 4. The van der Waals surface area contributed by atoms with E-state index >= 15 is 0 Å². The van der Waals surface area contributed by atoms with Gasteiger partial charge in [-0.1, -0.05) is 5.16 Å². The Hall–Kier alpha value is -2.26. The maximum absolute atomic E-state index is 12.4. The number of amides is 1. The fourth-order valence-corrected chi connectivity index (χ4v) is 3.71. The van der Waals surface area contributed by atoms with Gasteiger partial charge in [0.2, 0.25) is 5.89 Å². The van der Waals surface area contributed by atoms with Crippen molar-refractivity contribution in [1.29, 1.82) is 0 Å². The normalized spacial score (nSPS) is 19.2. The predicted octanol–water partition coefficient (Wildman–Crippen LogP) is 1.56. The second-order valence-electron chi connectivity index (χ2n) is 7.42. The number of nitrogens with zero attached hydrogens (tertiary/aromatic N) is 5. The summed E-state index contributed by atoms with van der Waals surface area (Å²) in [6, 6.07) is 1.75. The van der Waals surface area contributed by atoms with Gasteiger partial charge in [-0.2, -0.15) is 10.1 Å². The molecule has 0 aliphatic carbocycles. The molecular formula is C19H27N5O4. The number of aryl methyl sites for hydroxylation is 1. The number of ether oxygens (including phenoxy) is 2. The zero-order valence-electron chi connectivity index (χ0n) is 16.2. The fourth-order valence-electron chi connectivity index (χ4n) is 3.71. The first-order chi connectivity index (χ1) is 13.7. The van der Waals surface area contributed by atoms with E-state index in [4.69, 9.17) is 14.0 Å². The third-order valence-corrected chi connectivity index (χ3v) is 5.40. The van der Waals surface area contributed by atoms with E-state index in [0.29, 0.717) is 43.6 Å². The Balaban J connectivity index is 1.18. The van der Waals surface area contributed by atoms with Crippen LogP contribution >= 0.6 is 0 Å². The number of carbonyl (C=O) groups is 1. The van der Waals surface area contributed by atoms with Gasteiger partial charge in [-0.25, -0.2) is 0 Å². The molecule has 0 radical (unpaired) electrons. The first-order valence-electron chi connectivity index (χ1n) is 10.00. The first kappa shape index (κ1) is 19.1. The van der Waals surface area contributed by atoms with Gasteiger partial charge in [0.1, 0.15) is 5.69 Å². The van der Waals surface area contributed by atoms with Gasteiger partial charge in [0.25, 0.3) is 5.91 Å². The number of rotatable bonds is 6. The lowest BCUT2D eigenvalue weighted by Crippen LogP contribution is -2.41. The zero-order chi connectivity index (χ0) is 19.3. The van der Waals surface area contributed by atoms with Gasteiger partial charge >= 0.3 is 0 Å². The molecule has 0 unspecified atom stereocenters. The molecule has 2 aromatic heterocycles. The minimum atomic E-state index is -0.00788. The summed E-state index contributed by atoms with van der Waals surface area (Å²) in [7, 11) is 1.81. The van der Waals surface area contributed by atoms with Crippen LogP contribution in [0.5, 0.6) is 0 Å². The van der Waals surface area contributed by atoms with Gasteiger partial charge in [-0.05, 0) is 31.7 Å². The average molecular weight is 389 g/mol. The second kappa shape index (κ2) is 8.83. The Morgan fingerprint density at radius 2 is 2.04 bits per heavy atom. The van der Waals surface area contributed by atoms with Gasteiger partial charge in [0.15, 0.2) is 5.82 Å². The standard InChI is InChI=1S/C19H27N5O4/c1-23-8-4-16(21-23)19(25)24-9-2-15(3-10-24)27-13-7-17-20-18(28-22-17)14-5-11-26-12-6-14/h4,8,14-15H,2-3,5-7,9-13H2,1H3. The highest BCUT2D eigenvalue weighted by atomic mass is 16.5. The van der Waals surface area contributed by atoms with Gasteiger partial charge in [0, 0.05) is 51.9 Å². The SMILES string of the molecule is Cn1ccc(C(=O)N2CCC(OCCc3noc(C4CCOCC4)n3)CC2)n1. The number of likely N-dealkylation sites (tertiary alicyclic amines) is 1. The minimum Gasteiger partial charge on any atom is -0.381 e. The topological polar surface area (TPSA) is 95.5 Å². The molecule has 0 atom stereocenters. The Kier molecular flexibility index (Phi) is 6.01. The Morgan fingerprint density at radius 1 is 1.25 bits per heavy atom. The van der Waals surface area contributed by atoms with Crippen LogP contribution < -0.4 is 0 Å². The molecule has 2 saturated heterocycles. The van der Waals surface area contributed by atoms with E-state index in [1.54, 1.807) is 16.9 Å². The molecule has 9 heteroatoms. The summed E-state index contributed by atoms with van der Waals surface area (Å²) in [5.74, 6) is 1.73. The highest BCUT2D eigenvalue weighted by molar-refractivity contribution is 5.92. The van der Waals surface area contributed by atoms with Crippen molar-refractivity contribution < 1.29 is 18.8 Å². The van der Waals surface area contributed by atoms with E-state index < -0.39 is 0 Å². The molecule has 1 amide bonds. The zero-order valence-corrected chi connectivity index (χ0v) is 16.2. The summed E-state index contributed by atoms with van der Waals surface area (Å²) in [6.07, 6.45) is 6.13. The molecule has 0 N–H and O–H groups in total. The third-order valence-electron chi connectivity index (χ3n) is 5.40. The third kappa shape index (κ3) is 4.59. The predicted molar refractivity (Wildman–Crippen MR) is 98.9 cm³/mol. The van der Waals surface area contributed by atoms with E-state index in [1.165, 1.54) is 0 Å². The average Bonchev–Trinajstić information content (AvgIpc) is 3.38. The van der Waals surface area contributed by atoms with Gasteiger partial charge in [-0.3, -0.25) is 9.48 Å². The van der Waals surface area contributed by atoms with E-state index in [-0.39, 0.29) is 12.0 Å². The van der Waals surface area contributed by atoms with Crippen LogP contribution in [0.4, 0.5) is 0 Å². The van der Waals surface area contributed by atoms with Crippen LogP contribution in [-0.2, 0) is 22.9 Å². The van der Waals surface area contributed by atoms with Crippen molar-refractivity contribution >= 4 is 5.91 Å². The van der Waals surface area contributed by atoms with Crippen molar-refractivity contribution in [2.75, 3.05) is 32.9 Å². The van der Waals surface area contributed by atoms with E-state index in [0.717, 1.165) is 44.8 Å². The minimum absolute atomic E-state index is 0.00788. The summed E-state index contributed by atoms with van der Waals surface area (Å²) in [4.78, 5) is 18.8. The lowest BCUT2D eigenvalue weighted by molar-refractivity contribution is 0.00929. The lowest BCUT2D eigenvalue weighted by atomic mass is 10.0. The van der Waals surface area contributed by atoms with Crippen LogP contribution in [0, 0.1) is 0 Å². The smallest absolute Gasteiger partial charge is 0.274 e. The summed E-state index contributed by atoms with van der Waals surface area (Å²) in [6.45, 7) is 3.46. The highest BCUT2D eigenvalue weighted by Crippen LogP contribution is 2.25. The van der Waals surface area contributed by atoms with Crippen LogP contribution in [0.3, 0.4) is 0 Å². The second-order valence-corrected chi connectivity index (χ2v) is 7.42. The number of hydrogen-bond donors (Lipinski definition) is 0. The molecule has 9 nitrogen and oxygen atoms in total. The molecule has 2 aliphatic heterocycles. The van der Waals surface area contributed by atoms with Gasteiger partial charge in [-0.15, -0.1) is 0 Å². The monoisotopic (exact) mass is 389 g/mol. The van der Waals surface area contributed by atoms with Crippen LogP contribution in [0.25, 0.3) is 0 Å². The van der Waals surface area contributed by atoms with Crippen LogP contribution in [-0.4, -0.2) is 69.7 Å². The van der Waals surface area contributed by atoms with Crippen molar-refractivity contribution in [3.63, 3.8) is 0 Å².